The van der Waals surface area contributed by atoms with Gasteiger partial charge in [0.15, 0.2) is 0 Å². The highest BCUT2D eigenvalue weighted by Gasteiger charge is 2.17. The summed E-state index contributed by atoms with van der Waals surface area (Å²) in [6.07, 6.45) is 1.45. The maximum absolute atomic E-state index is 13.0. The normalized spacial score (nSPS) is 13.9. The van der Waals surface area contributed by atoms with E-state index in [2.05, 4.69) is 15.2 Å². The second kappa shape index (κ2) is 8.94. The van der Waals surface area contributed by atoms with E-state index >= 15 is 0 Å². The minimum atomic E-state index is -0.271. The van der Waals surface area contributed by atoms with E-state index in [-0.39, 0.29) is 18.0 Å². The first-order valence-electron chi connectivity index (χ1n) is 10.4. The lowest BCUT2D eigenvalue weighted by Gasteiger charge is -2.30. The van der Waals surface area contributed by atoms with Gasteiger partial charge in [-0.05, 0) is 23.8 Å². The highest BCUT2D eigenvalue weighted by atomic mass is 32.1. The summed E-state index contributed by atoms with van der Waals surface area (Å²) in [7, 11) is 0. The summed E-state index contributed by atoms with van der Waals surface area (Å²) < 4.78 is 6.78. The molecule has 0 bridgehead atoms. The van der Waals surface area contributed by atoms with Crippen LogP contribution < -0.4 is 15.8 Å². The van der Waals surface area contributed by atoms with Crippen molar-refractivity contribution < 1.29 is 9.53 Å². The second-order valence-corrected chi connectivity index (χ2v) is 8.57. The van der Waals surface area contributed by atoms with Crippen LogP contribution in [0.2, 0.25) is 0 Å². The van der Waals surface area contributed by atoms with Crippen LogP contribution in [0, 0.1) is 0 Å². The number of hydrogen-bond acceptors (Lipinski definition) is 6. The van der Waals surface area contributed by atoms with E-state index in [4.69, 9.17) is 4.74 Å². The van der Waals surface area contributed by atoms with E-state index in [1.54, 1.807) is 0 Å². The van der Waals surface area contributed by atoms with Gasteiger partial charge in [0.2, 0.25) is 5.91 Å². The van der Waals surface area contributed by atoms with Gasteiger partial charge >= 0.3 is 0 Å². The minimum absolute atomic E-state index is 0.101. The Morgan fingerprint density at radius 1 is 1.06 bits per heavy atom. The molecule has 5 rings (SSSR count). The number of para-hydroxylation sites is 2. The average molecular weight is 447 g/mol. The first-order valence-corrected chi connectivity index (χ1v) is 11.3. The Balaban J connectivity index is 1.36. The number of benzene rings is 2. The van der Waals surface area contributed by atoms with Gasteiger partial charge in [0.1, 0.15) is 11.4 Å². The van der Waals surface area contributed by atoms with Crippen molar-refractivity contribution in [2.45, 2.75) is 6.54 Å². The molecule has 0 aliphatic carbocycles. The molecule has 162 valence electrons. The quantitative estimate of drug-likeness (QED) is 0.507. The zero-order valence-electron chi connectivity index (χ0n) is 17.4. The summed E-state index contributed by atoms with van der Waals surface area (Å²) in [4.78, 5) is 34.1. The van der Waals surface area contributed by atoms with Crippen molar-refractivity contribution in [2.24, 2.45) is 0 Å². The SMILES string of the molecule is O=C(Cn1cnc2sc(-c3ccccc3)cc2c1=O)Nc1ccccc1N1CCOCC1. The molecular formula is C24H22N4O3S. The van der Waals surface area contributed by atoms with Gasteiger partial charge in [0.25, 0.3) is 5.56 Å². The van der Waals surface area contributed by atoms with Gasteiger partial charge in [-0.15, -0.1) is 11.3 Å². The van der Waals surface area contributed by atoms with Crippen LogP contribution >= 0.6 is 11.3 Å². The van der Waals surface area contributed by atoms with Crippen molar-refractivity contribution in [1.29, 1.82) is 0 Å². The van der Waals surface area contributed by atoms with E-state index in [9.17, 15) is 9.59 Å². The molecule has 0 unspecified atom stereocenters. The maximum Gasteiger partial charge on any atom is 0.262 e. The van der Waals surface area contributed by atoms with E-state index in [0.29, 0.717) is 23.4 Å². The molecule has 2 aromatic heterocycles. The molecule has 1 amide bonds. The van der Waals surface area contributed by atoms with Crippen LogP contribution in [-0.4, -0.2) is 41.8 Å². The van der Waals surface area contributed by atoms with Crippen molar-refractivity contribution in [2.75, 3.05) is 36.5 Å². The zero-order chi connectivity index (χ0) is 21.9. The van der Waals surface area contributed by atoms with Crippen LogP contribution in [0.4, 0.5) is 11.4 Å². The smallest absolute Gasteiger partial charge is 0.262 e. The van der Waals surface area contributed by atoms with Crippen LogP contribution in [0.5, 0.6) is 0 Å². The Labute approximate surface area is 188 Å². The molecule has 1 aliphatic rings. The number of ether oxygens (including phenoxy) is 1. The monoisotopic (exact) mass is 446 g/mol. The first-order chi connectivity index (χ1) is 15.7. The topological polar surface area (TPSA) is 76.5 Å². The molecule has 0 atom stereocenters. The fraction of sp³-hybridized carbons (Fsp3) is 0.208. The Hall–Kier alpha value is -3.49. The number of nitrogens with one attached hydrogen (secondary N) is 1. The molecule has 8 heteroatoms. The van der Waals surface area contributed by atoms with Crippen molar-refractivity contribution in [1.82, 2.24) is 9.55 Å². The number of thiophene rings is 1. The average Bonchev–Trinajstić information content (AvgIpc) is 3.28. The maximum atomic E-state index is 13.0. The summed E-state index contributed by atoms with van der Waals surface area (Å²) in [5, 5.41) is 3.48. The van der Waals surface area contributed by atoms with Crippen LogP contribution in [0.3, 0.4) is 0 Å². The molecule has 0 spiro atoms. The predicted molar refractivity (Wildman–Crippen MR) is 127 cm³/mol. The lowest BCUT2D eigenvalue weighted by atomic mass is 10.2. The van der Waals surface area contributed by atoms with Gasteiger partial charge in [-0.3, -0.25) is 14.2 Å². The number of carbonyl (C=O) groups is 1. The standard InChI is InChI=1S/C24H22N4O3S/c29-22(26-19-8-4-5-9-20(19)27-10-12-31-13-11-27)15-28-16-25-23-18(24(28)30)14-21(32-23)17-6-2-1-3-7-17/h1-9,14,16H,10-13,15H2,(H,26,29). The van der Waals surface area contributed by atoms with Gasteiger partial charge in [-0.25, -0.2) is 4.98 Å². The molecule has 7 nitrogen and oxygen atoms in total. The third kappa shape index (κ3) is 4.15. The van der Waals surface area contributed by atoms with E-state index in [0.717, 1.165) is 34.9 Å². The Bertz CT molecular complexity index is 1310. The Morgan fingerprint density at radius 3 is 2.62 bits per heavy atom. The third-order valence-corrected chi connectivity index (χ3v) is 6.51. The number of rotatable bonds is 5. The van der Waals surface area contributed by atoms with E-state index in [1.807, 2.05) is 60.7 Å². The summed E-state index contributed by atoms with van der Waals surface area (Å²) in [6, 6.07) is 19.4. The van der Waals surface area contributed by atoms with Crippen LogP contribution in [-0.2, 0) is 16.1 Å². The van der Waals surface area contributed by atoms with Crippen LogP contribution in [0.15, 0.2) is 71.8 Å². The van der Waals surface area contributed by atoms with Crippen molar-refractivity contribution in [3.63, 3.8) is 0 Å². The molecule has 2 aromatic carbocycles. The van der Waals surface area contributed by atoms with Gasteiger partial charge in [-0.1, -0.05) is 42.5 Å². The summed E-state index contributed by atoms with van der Waals surface area (Å²) in [5.41, 5.74) is 2.50. The van der Waals surface area contributed by atoms with E-state index in [1.165, 1.54) is 22.2 Å². The van der Waals surface area contributed by atoms with Crippen LogP contribution in [0.1, 0.15) is 0 Å². The fourth-order valence-electron chi connectivity index (χ4n) is 3.82. The molecule has 32 heavy (non-hydrogen) atoms. The van der Waals surface area contributed by atoms with Crippen molar-refractivity contribution in [3.05, 3.63) is 77.3 Å². The Morgan fingerprint density at radius 2 is 1.81 bits per heavy atom. The predicted octanol–water partition coefficient (Wildman–Crippen LogP) is 3.60. The van der Waals surface area contributed by atoms with Gasteiger partial charge < -0.3 is 15.0 Å². The molecule has 1 saturated heterocycles. The van der Waals surface area contributed by atoms with Crippen molar-refractivity contribution >= 4 is 38.8 Å². The van der Waals surface area contributed by atoms with Crippen molar-refractivity contribution in [3.8, 4) is 10.4 Å². The van der Waals surface area contributed by atoms with E-state index < -0.39 is 0 Å². The lowest BCUT2D eigenvalue weighted by molar-refractivity contribution is -0.116. The van der Waals surface area contributed by atoms with Gasteiger partial charge in [-0.2, -0.15) is 0 Å². The number of aromatic nitrogens is 2. The second-order valence-electron chi connectivity index (χ2n) is 7.54. The molecule has 0 saturated carbocycles. The number of nitrogens with zero attached hydrogens (tertiary/aromatic N) is 3. The fourth-order valence-corrected chi connectivity index (χ4v) is 4.82. The highest BCUT2D eigenvalue weighted by Crippen LogP contribution is 2.30. The number of anilines is 2. The molecule has 3 heterocycles. The Kier molecular flexibility index (Phi) is 5.70. The summed E-state index contributed by atoms with van der Waals surface area (Å²) >= 11 is 1.47. The first kappa shape index (κ1) is 20.4. The van der Waals surface area contributed by atoms with Crippen LogP contribution in [0.25, 0.3) is 20.7 Å². The number of carbonyl (C=O) groups excluding carboxylic acids is 1. The number of morpholine rings is 1. The molecule has 1 N–H and O–H groups in total. The third-order valence-electron chi connectivity index (χ3n) is 5.42. The molecule has 0 radical (unpaired) electrons. The summed E-state index contributed by atoms with van der Waals surface area (Å²) in [6.45, 7) is 2.77. The minimum Gasteiger partial charge on any atom is -0.378 e. The zero-order valence-corrected chi connectivity index (χ0v) is 18.2. The number of fused-ring (bicyclic) bond motifs is 1. The number of hydrogen-bond donors (Lipinski definition) is 1. The highest BCUT2D eigenvalue weighted by molar-refractivity contribution is 7.21. The van der Waals surface area contributed by atoms with Gasteiger partial charge in [0.05, 0.1) is 36.3 Å². The summed E-state index contributed by atoms with van der Waals surface area (Å²) in [5.74, 6) is -0.271. The molecule has 1 fully saturated rings. The largest absolute Gasteiger partial charge is 0.378 e. The lowest BCUT2D eigenvalue weighted by Crippen LogP contribution is -2.37. The molecule has 4 aromatic rings. The molecular weight excluding hydrogens is 424 g/mol. The number of amides is 1. The molecule has 1 aliphatic heterocycles. The van der Waals surface area contributed by atoms with Gasteiger partial charge in [0, 0.05) is 18.0 Å².